The molecule has 3 nitrogen and oxygen atoms in total. The van der Waals surface area contributed by atoms with Gasteiger partial charge in [0.15, 0.2) is 0 Å². The molecule has 19 heavy (non-hydrogen) atoms. The molecular weight excluding hydrogens is 267 g/mol. The lowest BCUT2D eigenvalue weighted by atomic mass is 9.83. The Morgan fingerprint density at radius 2 is 1.89 bits per heavy atom. The standard InChI is InChI=1S/C14H16ClFN2O/c15-9-6-11-12(7-10(9)16)18-14(19)13(17-11)8-4-2-1-3-5-8/h6-8,13,17H,1-5H2,(H,18,19). The minimum Gasteiger partial charge on any atom is -0.372 e. The Hall–Kier alpha value is -1.29. The maximum atomic E-state index is 13.4. The van der Waals surface area contributed by atoms with Gasteiger partial charge >= 0.3 is 0 Å². The van der Waals surface area contributed by atoms with Crippen molar-refractivity contribution in [3.05, 3.63) is 23.0 Å². The smallest absolute Gasteiger partial charge is 0.247 e. The fourth-order valence-electron chi connectivity index (χ4n) is 3.01. The van der Waals surface area contributed by atoms with E-state index in [4.69, 9.17) is 11.6 Å². The zero-order valence-corrected chi connectivity index (χ0v) is 11.3. The van der Waals surface area contributed by atoms with Crippen molar-refractivity contribution in [1.29, 1.82) is 0 Å². The van der Waals surface area contributed by atoms with Crippen LogP contribution in [0, 0.1) is 11.7 Å². The van der Waals surface area contributed by atoms with Crippen LogP contribution in [-0.4, -0.2) is 11.9 Å². The van der Waals surface area contributed by atoms with Crippen LogP contribution in [0.4, 0.5) is 15.8 Å². The first-order chi connectivity index (χ1) is 9.15. The van der Waals surface area contributed by atoms with Crippen molar-refractivity contribution in [2.24, 2.45) is 5.92 Å². The lowest BCUT2D eigenvalue weighted by Gasteiger charge is -2.34. The van der Waals surface area contributed by atoms with Crippen molar-refractivity contribution in [2.75, 3.05) is 10.6 Å². The third-order valence-electron chi connectivity index (χ3n) is 4.03. The van der Waals surface area contributed by atoms with Crippen molar-refractivity contribution in [3.63, 3.8) is 0 Å². The summed E-state index contributed by atoms with van der Waals surface area (Å²) < 4.78 is 13.4. The number of amides is 1. The molecule has 1 saturated carbocycles. The van der Waals surface area contributed by atoms with Gasteiger partial charge in [-0.15, -0.1) is 0 Å². The van der Waals surface area contributed by atoms with Crippen LogP contribution in [0.25, 0.3) is 0 Å². The molecule has 1 aromatic rings. The summed E-state index contributed by atoms with van der Waals surface area (Å²) in [6.07, 6.45) is 5.73. The summed E-state index contributed by atoms with van der Waals surface area (Å²) in [5.74, 6) is -0.231. The van der Waals surface area contributed by atoms with E-state index in [0.717, 1.165) is 12.8 Å². The van der Waals surface area contributed by atoms with E-state index in [-0.39, 0.29) is 17.0 Å². The molecule has 102 valence electrons. The van der Waals surface area contributed by atoms with Gasteiger partial charge in [-0.3, -0.25) is 4.79 Å². The first-order valence-corrected chi connectivity index (χ1v) is 7.09. The molecule has 0 radical (unpaired) electrons. The number of benzene rings is 1. The van der Waals surface area contributed by atoms with E-state index in [0.29, 0.717) is 17.3 Å². The minimum atomic E-state index is -0.515. The van der Waals surface area contributed by atoms with Crippen LogP contribution in [0.5, 0.6) is 0 Å². The van der Waals surface area contributed by atoms with Crippen LogP contribution >= 0.6 is 11.6 Å². The number of hydrogen-bond acceptors (Lipinski definition) is 2. The van der Waals surface area contributed by atoms with Gasteiger partial charge in [-0.1, -0.05) is 30.9 Å². The molecule has 3 rings (SSSR count). The highest BCUT2D eigenvalue weighted by Crippen LogP contribution is 2.36. The highest BCUT2D eigenvalue weighted by molar-refractivity contribution is 6.31. The number of fused-ring (bicyclic) bond motifs is 1. The zero-order valence-electron chi connectivity index (χ0n) is 10.5. The molecule has 0 aromatic heterocycles. The Labute approximate surface area is 116 Å². The fourth-order valence-corrected chi connectivity index (χ4v) is 3.18. The molecule has 1 amide bonds. The molecule has 2 N–H and O–H groups in total. The Morgan fingerprint density at radius 3 is 2.63 bits per heavy atom. The molecule has 1 aliphatic carbocycles. The van der Waals surface area contributed by atoms with E-state index < -0.39 is 5.82 Å². The van der Waals surface area contributed by atoms with Crippen LogP contribution in [0.2, 0.25) is 5.02 Å². The molecule has 1 aromatic carbocycles. The normalized spacial score (nSPS) is 23.5. The lowest BCUT2D eigenvalue weighted by molar-refractivity contribution is -0.118. The van der Waals surface area contributed by atoms with Gasteiger partial charge in [-0.05, 0) is 24.8 Å². The minimum absolute atomic E-state index is 0.0684. The van der Waals surface area contributed by atoms with Crippen molar-refractivity contribution >= 4 is 28.9 Å². The Bertz CT molecular complexity index is 514. The zero-order chi connectivity index (χ0) is 13.4. The van der Waals surface area contributed by atoms with Crippen LogP contribution in [0.3, 0.4) is 0 Å². The summed E-state index contributed by atoms with van der Waals surface area (Å²) in [6, 6.07) is 2.58. The van der Waals surface area contributed by atoms with Gasteiger partial charge in [0.1, 0.15) is 11.9 Å². The monoisotopic (exact) mass is 282 g/mol. The van der Waals surface area contributed by atoms with Gasteiger partial charge in [-0.25, -0.2) is 4.39 Å². The molecule has 1 fully saturated rings. The van der Waals surface area contributed by atoms with E-state index in [2.05, 4.69) is 10.6 Å². The van der Waals surface area contributed by atoms with Crippen molar-refractivity contribution in [2.45, 2.75) is 38.1 Å². The third-order valence-corrected chi connectivity index (χ3v) is 4.32. The van der Waals surface area contributed by atoms with E-state index in [1.165, 1.54) is 25.3 Å². The first kappa shape index (κ1) is 12.7. The predicted molar refractivity (Wildman–Crippen MR) is 74.0 cm³/mol. The molecule has 0 bridgehead atoms. The lowest BCUT2D eigenvalue weighted by Crippen LogP contribution is -2.44. The van der Waals surface area contributed by atoms with Crippen LogP contribution in [-0.2, 0) is 4.79 Å². The predicted octanol–water partition coefficient (Wildman–Crippen LogP) is 3.79. The molecule has 1 atom stereocenters. The highest BCUT2D eigenvalue weighted by Gasteiger charge is 2.33. The van der Waals surface area contributed by atoms with Gasteiger partial charge in [0.25, 0.3) is 0 Å². The second-order valence-electron chi connectivity index (χ2n) is 5.32. The van der Waals surface area contributed by atoms with Gasteiger partial charge in [0.2, 0.25) is 5.91 Å². The highest BCUT2D eigenvalue weighted by atomic mass is 35.5. The van der Waals surface area contributed by atoms with Gasteiger partial charge in [-0.2, -0.15) is 0 Å². The molecule has 0 spiro atoms. The van der Waals surface area contributed by atoms with Crippen LogP contribution in [0.1, 0.15) is 32.1 Å². The molecule has 1 aliphatic heterocycles. The van der Waals surface area contributed by atoms with Gasteiger partial charge < -0.3 is 10.6 Å². The Kier molecular flexibility index (Phi) is 3.35. The molecule has 5 heteroatoms. The van der Waals surface area contributed by atoms with Crippen molar-refractivity contribution < 1.29 is 9.18 Å². The Morgan fingerprint density at radius 1 is 1.16 bits per heavy atom. The summed E-state index contributed by atoms with van der Waals surface area (Å²) in [5, 5.41) is 6.07. The molecule has 2 aliphatic rings. The molecular formula is C14H16ClFN2O. The summed E-state index contributed by atoms with van der Waals surface area (Å²) in [4.78, 5) is 12.1. The average molecular weight is 283 g/mol. The van der Waals surface area contributed by atoms with E-state index in [1.807, 2.05) is 0 Å². The van der Waals surface area contributed by atoms with Gasteiger partial charge in [0.05, 0.1) is 16.4 Å². The van der Waals surface area contributed by atoms with Crippen molar-refractivity contribution in [1.82, 2.24) is 0 Å². The Balaban J connectivity index is 1.86. The van der Waals surface area contributed by atoms with Crippen molar-refractivity contribution in [3.8, 4) is 0 Å². The summed E-state index contributed by atoms with van der Waals surface area (Å²) in [6.45, 7) is 0. The average Bonchev–Trinajstić information content (AvgIpc) is 2.41. The number of rotatable bonds is 1. The van der Waals surface area contributed by atoms with Crippen LogP contribution in [0.15, 0.2) is 12.1 Å². The SMILES string of the molecule is O=C1Nc2cc(F)c(Cl)cc2NC1C1CCCCC1. The van der Waals surface area contributed by atoms with E-state index in [1.54, 1.807) is 6.07 Å². The second kappa shape index (κ2) is 5.00. The molecule has 1 heterocycles. The maximum absolute atomic E-state index is 13.4. The number of anilines is 2. The quantitative estimate of drug-likeness (QED) is 0.823. The van der Waals surface area contributed by atoms with E-state index in [9.17, 15) is 9.18 Å². The second-order valence-corrected chi connectivity index (χ2v) is 5.73. The summed E-state index contributed by atoms with van der Waals surface area (Å²) in [7, 11) is 0. The molecule has 1 unspecified atom stereocenters. The summed E-state index contributed by atoms with van der Waals surface area (Å²) >= 11 is 5.79. The number of halogens is 2. The number of carbonyl (C=O) groups is 1. The third kappa shape index (κ3) is 2.41. The number of nitrogens with one attached hydrogen (secondary N) is 2. The number of hydrogen-bond donors (Lipinski definition) is 2. The topological polar surface area (TPSA) is 41.1 Å². The number of carbonyl (C=O) groups excluding carboxylic acids is 1. The largest absolute Gasteiger partial charge is 0.372 e. The summed E-state index contributed by atoms with van der Waals surface area (Å²) in [5.41, 5.74) is 1.18. The van der Waals surface area contributed by atoms with Gasteiger partial charge in [0, 0.05) is 6.07 Å². The fraction of sp³-hybridized carbons (Fsp3) is 0.500. The first-order valence-electron chi connectivity index (χ1n) is 6.71. The van der Waals surface area contributed by atoms with E-state index >= 15 is 0 Å². The maximum Gasteiger partial charge on any atom is 0.247 e. The van der Waals surface area contributed by atoms with Crippen LogP contribution < -0.4 is 10.6 Å². The molecule has 0 saturated heterocycles.